The van der Waals surface area contributed by atoms with Crippen molar-refractivity contribution in [2.24, 2.45) is 42.3 Å². The number of azo groups is 3. The second-order valence-electron chi connectivity index (χ2n) is 16.2. The summed E-state index contributed by atoms with van der Waals surface area (Å²) < 4.78 is 0. The molecule has 0 aromatic heterocycles. The third-order valence-electron chi connectivity index (χ3n) is 12.2. The van der Waals surface area contributed by atoms with Crippen LogP contribution in [0.5, 0.6) is 0 Å². The van der Waals surface area contributed by atoms with Gasteiger partial charge in [0.25, 0.3) is 0 Å². The van der Waals surface area contributed by atoms with Crippen molar-refractivity contribution in [3.05, 3.63) is 163 Å². The van der Waals surface area contributed by atoms with Gasteiger partial charge in [0.05, 0.1) is 34.1 Å². The summed E-state index contributed by atoms with van der Waals surface area (Å²) in [6, 6.07) is 54.2. The van der Waals surface area contributed by atoms with Crippen LogP contribution in [0.25, 0.3) is 43.4 Å². The Morgan fingerprint density at radius 3 is 1.31 bits per heavy atom. The van der Waals surface area contributed by atoms with Gasteiger partial charge in [0.15, 0.2) is 0 Å². The molecule has 1 fully saturated rings. The van der Waals surface area contributed by atoms with E-state index in [-0.39, 0.29) is 0 Å². The molecule has 0 heterocycles. The average Bonchev–Trinajstić information content (AvgIpc) is 3.33. The van der Waals surface area contributed by atoms with Gasteiger partial charge in [-0.1, -0.05) is 116 Å². The fourth-order valence-corrected chi connectivity index (χ4v) is 8.47. The van der Waals surface area contributed by atoms with Gasteiger partial charge in [-0.05, 0) is 123 Å². The van der Waals surface area contributed by atoms with E-state index in [0.717, 1.165) is 90.7 Å². The van der Waals surface area contributed by atoms with Crippen molar-refractivity contribution in [3.63, 3.8) is 0 Å². The summed E-state index contributed by atoms with van der Waals surface area (Å²) in [6.07, 6.45) is 5.98. The van der Waals surface area contributed by atoms with Gasteiger partial charge in [-0.2, -0.15) is 5.11 Å². The first kappa shape index (κ1) is 39.6. The van der Waals surface area contributed by atoms with E-state index in [1.807, 2.05) is 91.0 Å². The molecule has 1 aliphatic carbocycles. The number of hydrogen-bond acceptors (Lipinski definition) is 8. The first-order valence-corrected chi connectivity index (χ1v) is 21.5. The molecule has 1 unspecified atom stereocenters. The van der Waals surface area contributed by atoms with Gasteiger partial charge < -0.3 is 11.1 Å². The summed E-state index contributed by atoms with van der Waals surface area (Å²) in [5.74, 6) is 1.33. The van der Waals surface area contributed by atoms with E-state index in [0.29, 0.717) is 17.9 Å². The largest absolute Gasteiger partial charge is 0.382 e. The molecule has 9 rings (SSSR count). The average molecular weight is 799 g/mol. The highest BCUT2D eigenvalue weighted by Crippen LogP contribution is 2.40. The first-order chi connectivity index (χ1) is 30.0. The van der Waals surface area contributed by atoms with Crippen LogP contribution in [0, 0.1) is 5.92 Å². The van der Waals surface area contributed by atoms with Crippen LogP contribution >= 0.6 is 0 Å². The fraction of sp³-hybridized carbons (Fsp3) is 0.208. The standard InChI is InChI=1S/C53H50N8/c1-3-35(2)55-48-28-29-50(43-11-5-4-10-42(43)48)58-59-52-32-33-53(47-15-9-8-14-46(47)52)61-60-51-31-30-49(44-12-6-7-13-45(44)51)57-56-41-26-24-40(25-27-41)39-22-20-38(21-23-39)37-18-16-36(34-54)17-19-37/h4-15,20-33,35-37,55H,3,16-19,34,54H2,1-2H3. The molecular weight excluding hydrogens is 749 g/mol. The smallest absolute Gasteiger partial charge is 0.0936 e. The molecule has 61 heavy (non-hydrogen) atoms. The Kier molecular flexibility index (Phi) is 11.8. The molecule has 0 radical (unpaired) electrons. The Labute approximate surface area is 357 Å². The summed E-state index contributed by atoms with van der Waals surface area (Å²) in [7, 11) is 0. The third kappa shape index (κ3) is 8.72. The number of anilines is 1. The molecule has 0 aliphatic heterocycles. The molecule has 1 atom stereocenters. The number of nitrogens with one attached hydrogen (secondary N) is 1. The van der Waals surface area contributed by atoms with Gasteiger partial charge >= 0.3 is 0 Å². The van der Waals surface area contributed by atoms with Crippen molar-refractivity contribution in [2.45, 2.75) is 57.9 Å². The van der Waals surface area contributed by atoms with Crippen molar-refractivity contribution >= 4 is 72.1 Å². The Morgan fingerprint density at radius 1 is 0.475 bits per heavy atom. The second kappa shape index (κ2) is 18.2. The van der Waals surface area contributed by atoms with Crippen LogP contribution in [-0.2, 0) is 0 Å². The van der Waals surface area contributed by atoms with Crippen molar-refractivity contribution in [3.8, 4) is 11.1 Å². The maximum absolute atomic E-state index is 5.91. The number of nitrogens with zero attached hydrogens (tertiary/aromatic N) is 6. The third-order valence-corrected chi connectivity index (χ3v) is 12.2. The first-order valence-electron chi connectivity index (χ1n) is 21.5. The minimum absolute atomic E-state index is 0.370. The van der Waals surface area contributed by atoms with E-state index >= 15 is 0 Å². The van der Waals surface area contributed by atoms with Gasteiger partial charge in [0, 0.05) is 44.0 Å². The van der Waals surface area contributed by atoms with E-state index in [2.05, 4.69) is 96.1 Å². The highest BCUT2D eigenvalue weighted by molar-refractivity contribution is 6.02. The number of nitrogens with two attached hydrogens (primary N) is 1. The van der Waals surface area contributed by atoms with Crippen LogP contribution in [0.3, 0.4) is 0 Å². The number of rotatable bonds is 12. The zero-order valence-corrected chi connectivity index (χ0v) is 34.7. The summed E-state index contributed by atoms with van der Waals surface area (Å²) in [4.78, 5) is 0. The maximum atomic E-state index is 5.91. The van der Waals surface area contributed by atoms with Crippen LogP contribution in [-0.4, -0.2) is 12.6 Å². The highest BCUT2D eigenvalue weighted by atomic mass is 15.1. The normalized spacial score (nSPS) is 16.4. The van der Waals surface area contributed by atoms with Gasteiger partial charge in [0.2, 0.25) is 0 Å². The van der Waals surface area contributed by atoms with E-state index in [9.17, 15) is 0 Å². The minimum Gasteiger partial charge on any atom is -0.382 e. The van der Waals surface area contributed by atoms with E-state index in [1.54, 1.807) is 0 Å². The predicted molar refractivity (Wildman–Crippen MR) is 253 cm³/mol. The molecule has 8 aromatic rings. The molecule has 8 heteroatoms. The molecule has 1 aliphatic rings. The summed E-state index contributed by atoms with van der Waals surface area (Å²) in [5, 5.41) is 38.0. The van der Waals surface area contributed by atoms with Crippen molar-refractivity contribution in [1.29, 1.82) is 0 Å². The van der Waals surface area contributed by atoms with E-state index < -0.39 is 0 Å². The number of benzene rings is 8. The van der Waals surface area contributed by atoms with Crippen LogP contribution in [0.2, 0.25) is 0 Å². The second-order valence-corrected chi connectivity index (χ2v) is 16.2. The van der Waals surface area contributed by atoms with E-state index in [1.165, 1.54) is 36.8 Å². The SMILES string of the molecule is CCC(C)Nc1ccc(N=Nc2ccc(N=Nc3ccc(N=Nc4ccc(-c5ccc(C6CCC(CN)CC6)cc5)cc4)c4ccccc34)c3ccccc23)c2ccccc12. The lowest BCUT2D eigenvalue weighted by Gasteiger charge is -2.28. The maximum Gasteiger partial charge on any atom is 0.0936 e. The minimum atomic E-state index is 0.370. The quantitative estimate of drug-likeness (QED) is 0.120. The summed E-state index contributed by atoms with van der Waals surface area (Å²) in [6.45, 7) is 5.19. The molecule has 0 saturated heterocycles. The summed E-state index contributed by atoms with van der Waals surface area (Å²) >= 11 is 0. The lowest BCUT2D eigenvalue weighted by molar-refractivity contribution is 0.333. The summed E-state index contributed by atoms with van der Waals surface area (Å²) in [5.41, 5.74) is 15.5. The van der Waals surface area contributed by atoms with Crippen LogP contribution in [0.4, 0.5) is 39.8 Å². The van der Waals surface area contributed by atoms with Crippen molar-refractivity contribution in [1.82, 2.24) is 0 Å². The lowest BCUT2D eigenvalue weighted by Crippen LogP contribution is -2.20. The molecule has 0 amide bonds. The monoisotopic (exact) mass is 798 g/mol. The molecule has 8 aromatic carbocycles. The predicted octanol–water partition coefficient (Wildman–Crippen LogP) is 16.5. The van der Waals surface area contributed by atoms with Gasteiger partial charge in [-0.3, -0.25) is 0 Å². The number of fused-ring (bicyclic) bond motifs is 3. The molecular formula is C53H50N8. The van der Waals surface area contributed by atoms with Gasteiger partial charge in [0.1, 0.15) is 0 Å². The van der Waals surface area contributed by atoms with Gasteiger partial charge in [-0.15, -0.1) is 25.6 Å². The molecule has 0 spiro atoms. The topological polar surface area (TPSA) is 112 Å². The highest BCUT2D eigenvalue weighted by Gasteiger charge is 2.21. The van der Waals surface area contributed by atoms with Crippen LogP contribution in [0.1, 0.15) is 57.4 Å². The Balaban J connectivity index is 0.918. The van der Waals surface area contributed by atoms with Crippen molar-refractivity contribution in [2.75, 3.05) is 11.9 Å². The Morgan fingerprint density at radius 2 is 0.869 bits per heavy atom. The van der Waals surface area contributed by atoms with Crippen LogP contribution in [0.15, 0.2) is 188 Å². The Hall–Kier alpha value is -6.90. The van der Waals surface area contributed by atoms with Gasteiger partial charge in [-0.25, -0.2) is 0 Å². The van der Waals surface area contributed by atoms with Crippen LogP contribution < -0.4 is 11.1 Å². The zero-order valence-electron chi connectivity index (χ0n) is 34.7. The molecule has 1 saturated carbocycles. The molecule has 0 bridgehead atoms. The van der Waals surface area contributed by atoms with E-state index in [4.69, 9.17) is 26.2 Å². The molecule has 8 nitrogen and oxygen atoms in total. The molecule has 3 N–H and O–H groups in total. The Bertz CT molecular complexity index is 2890. The van der Waals surface area contributed by atoms with Crippen molar-refractivity contribution < 1.29 is 0 Å². The molecule has 302 valence electrons. The lowest BCUT2D eigenvalue weighted by atomic mass is 9.78. The number of hydrogen-bond donors (Lipinski definition) is 2. The zero-order chi connectivity index (χ0) is 41.5. The fourth-order valence-electron chi connectivity index (χ4n) is 8.47.